The van der Waals surface area contributed by atoms with Crippen molar-refractivity contribution in [2.45, 2.75) is 0 Å². The molecule has 0 unspecified atom stereocenters. The number of thiocarbonyl (C=S) groups is 1. The number of para-hydroxylation sites is 1. The van der Waals surface area contributed by atoms with Crippen LogP contribution in [0.1, 0.15) is 5.56 Å². The molecule has 1 aromatic carbocycles. The molecule has 1 amide bonds. The number of aliphatic carboxylic acids is 1. The van der Waals surface area contributed by atoms with Crippen LogP contribution in [0.25, 0.3) is 6.08 Å². The van der Waals surface area contributed by atoms with Gasteiger partial charge in [0.15, 0.2) is 0 Å². The van der Waals surface area contributed by atoms with Crippen molar-refractivity contribution in [3.8, 4) is 0 Å². The average Bonchev–Trinajstić information content (AvgIpc) is 2.75. The number of nitro groups is 1. The Labute approximate surface area is 140 Å². The van der Waals surface area contributed by atoms with Crippen molar-refractivity contribution in [2.75, 3.05) is 6.54 Å². The molecule has 1 saturated heterocycles. The summed E-state index contributed by atoms with van der Waals surface area (Å²) in [5.74, 6) is -1.65. The van der Waals surface area contributed by atoms with Crippen LogP contribution in [0.5, 0.6) is 0 Å². The first-order valence-corrected chi connectivity index (χ1v) is 7.50. The Hall–Kier alpha value is -2.52. The number of nitrogens with zero attached hydrogens (tertiary/aromatic N) is 2. The number of thioether (sulfide) groups is 1. The maximum atomic E-state index is 12.0. The van der Waals surface area contributed by atoms with Gasteiger partial charge in [0.05, 0.1) is 15.4 Å². The van der Waals surface area contributed by atoms with E-state index in [0.717, 1.165) is 16.7 Å². The Balaban J connectivity index is 2.18. The molecule has 0 bridgehead atoms. The Morgan fingerprint density at radius 2 is 2.13 bits per heavy atom. The van der Waals surface area contributed by atoms with E-state index < -0.39 is 23.3 Å². The molecule has 1 aliphatic heterocycles. The van der Waals surface area contributed by atoms with Gasteiger partial charge in [-0.15, -0.1) is 0 Å². The van der Waals surface area contributed by atoms with Gasteiger partial charge in [0.1, 0.15) is 10.9 Å². The Morgan fingerprint density at radius 3 is 2.78 bits per heavy atom. The first-order chi connectivity index (χ1) is 10.9. The summed E-state index contributed by atoms with van der Waals surface area (Å²) in [5, 5.41) is 19.6. The molecule has 118 valence electrons. The van der Waals surface area contributed by atoms with E-state index in [-0.39, 0.29) is 14.9 Å². The third kappa shape index (κ3) is 4.02. The second kappa shape index (κ2) is 7.16. The lowest BCUT2D eigenvalue weighted by molar-refractivity contribution is -0.385. The molecule has 2 rings (SSSR count). The third-order valence-electron chi connectivity index (χ3n) is 2.82. The van der Waals surface area contributed by atoms with Crippen molar-refractivity contribution in [1.29, 1.82) is 0 Å². The number of benzene rings is 1. The van der Waals surface area contributed by atoms with Crippen molar-refractivity contribution in [2.24, 2.45) is 0 Å². The molecular weight excluding hydrogens is 340 g/mol. The van der Waals surface area contributed by atoms with Crippen LogP contribution in [0, 0.1) is 10.1 Å². The maximum Gasteiger partial charge on any atom is 0.323 e. The number of nitro benzene ring substituents is 1. The number of carbonyl (C=O) groups is 2. The number of carboxylic acid groups (broad SMARTS) is 1. The lowest BCUT2D eigenvalue weighted by atomic mass is 10.1. The van der Waals surface area contributed by atoms with Crippen LogP contribution < -0.4 is 0 Å². The van der Waals surface area contributed by atoms with E-state index in [1.165, 1.54) is 24.3 Å². The zero-order valence-electron chi connectivity index (χ0n) is 11.5. The van der Waals surface area contributed by atoms with Crippen LogP contribution in [0.2, 0.25) is 0 Å². The van der Waals surface area contributed by atoms with Gasteiger partial charge in [-0.3, -0.25) is 24.6 Å². The molecule has 0 aromatic heterocycles. The second-order valence-electron chi connectivity index (χ2n) is 4.36. The van der Waals surface area contributed by atoms with Gasteiger partial charge in [-0.1, -0.05) is 42.2 Å². The predicted molar refractivity (Wildman–Crippen MR) is 89.8 cm³/mol. The van der Waals surface area contributed by atoms with Crippen molar-refractivity contribution in [1.82, 2.24) is 4.90 Å². The van der Waals surface area contributed by atoms with Gasteiger partial charge in [-0.05, 0) is 18.2 Å². The zero-order chi connectivity index (χ0) is 17.0. The highest BCUT2D eigenvalue weighted by molar-refractivity contribution is 8.26. The number of rotatable bonds is 5. The van der Waals surface area contributed by atoms with Crippen LogP contribution in [0.4, 0.5) is 5.69 Å². The van der Waals surface area contributed by atoms with Crippen molar-refractivity contribution in [3.63, 3.8) is 0 Å². The molecule has 1 N–H and O–H groups in total. The van der Waals surface area contributed by atoms with Crippen molar-refractivity contribution in [3.05, 3.63) is 57.0 Å². The number of carbonyl (C=O) groups excluding carboxylic acids is 1. The number of allylic oxidation sites excluding steroid dienone is 2. The molecule has 0 atom stereocenters. The second-order valence-corrected chi connectivity index (χ2v) is 6.03. The molecule has 0 aliphatic carbocycles. The quantitative estimate of drug-likeness (QED) is 0.377. The standard InChI is InChI=1S/C14H10N2O5S2/c17-12(18)8-15-13(19)11(23-14(15)22)7-3-5-9-4-1-2-6-10(9)16(20)21/h1-7H,8H2,(H,17,18). The Morgan fingerprint density at radius 1 is 1.43 bits per heavy atom. The van der Waals surface area contributed by atoms with Gasteiger partial charge in [0.25, 0.3) is 11.6 Å². The molecule has 0 radical (unpaired) electrons. The van der Waals surface area contributed by atoms with Crippen LogP contribution in [0.3, 0.4) is 0 Å². The number of hydrogen-bond donors (Lipinski definition) is 1. The SMILES string of the molecule is O=C(O)CN1C(=O)C(=CC=Cc2ccccc2[N+](=O)[O-])SC1=S. The molecule has 1 aromatic rings. The highest BCUT2D eigenvalue weighted by atomic mass is 32.2. The number of amides is 1. The molecule has 7 nitrogen and oxygen atoms in total. The van der Waals surface area contributed by atoms with E-state index in [4.69, 9.17) is 17.3 Å². The van der Waals surface area contributed by atoms with Crippen LogP contribution >= 0.6 is 24.0 Å². The third-order valence-corrected chi connectivity index (χ3v) is 4.22. The normalized spacial score (nSPS) is 16.5. The summed E-state index contributed by atoms with van der Waals surface area (Å²) in [6.45, 7) is -0.490. The fourth-order valence-corrected chi connectivity index (χ4v) is 3.03. The van der Waals surface area contributed by atoms with Gasteiger partial charge in [-0.25, -0.2) is 0 Å². The zero-order valence-corrected chi connectivity index (χ0v) is 13.2. The lowest BCUT2D eigenvalue weighted by Crippen LogP contribution is -2.33. The Bertz CT molecular complexity index is 757. The highest BCUT2D eigenvalue weighted by Gasteiger charge is 2.32. The van der Waals surface area contributed by atoms with Gasteiger partial charge in [-0.2, -0.15) is 0 Å². The summed E-state index contributed by atoms with van der Waals surface area (Å²) < 4.78 is 0.169. The van der Waals surface area contributed by atoms with Crippen LogP contribution in [0.15, 0.2) is 41.3 Å². The first-order valence-electron chi connectivity index (χ1n) is 6.27. The monoisotopic (exact) mass is 350 g/mol. The molecule has 0 spiro atoms. The average molecular weight is 350 g/mol. The minimum atomic E-state index is -1.15. The molecular formula is C14H10N2O5S2. The summed E-state index contributed by atoms with van der Waals surface area (Å²) in [7, 11) is 0. The minimum Gasteiger partial charge on any atom is -0.480 e. The van der Waals surface area contributed by atoms with E-state index in [9.17, 15) is 19.7 Å². The van der Waals surface area contributed by atoms with E-state index in [0.29, 0.717) is 5.56 Å². The molecule has 23 heavy (non-hydrogen) atoms. The molecule has 1 fully saturated rings. The van der Waals surface area contributed by atoms with E-state index in [2.05, 4.69) is 0 Å². The summed E-state index contributed by atoms with van der Waals surface area (Å²) in [5.41, 5.74) is 0.352. The van der Waals surface area contributed by atoms with Gasteiger partial charge >= 0.3 is 5.97 Å². The van der Waals surface area contributed by atoms with Crippen molar-refractivity contribution >= 4 is 51.9 Å². The Kier molecular flexibility index (Phi) is 5.24. The van der Waals surface area contributed by atoms with Crippen molar-refractivity contribution < 1.29 is 19.6 Å². The number of carboxylic acids is 1. The maximum absolute atomic E-state index is 12.0. The number of hydrogen-bond acceptors (Lipinski definition) is 6. The smallest absolute Gasteiger partial charge is 0.323 e. The molecule has 1 heterocycles. The summed E-state index contributed by atoms with van der Waals surface area (Å²) >= 11 is 5.95. The summed E-state index contributed by atoms with van der Waals surface area (Å²) in [6, 6.07) is 6.19. The topological polar surface area (TPSA) is 101 Å². The van der Waals surface area contributed by atoms with Gasteiger partial charge in [0.2, 0.25) is 0 Å². The summed E-state index contributed by atoms with van der Waals surface area (Å²) in [6.07, 6.45) is 4.45. The van der Waals surface area contributed by atoms with E-state index in [1.54, 1.807) is 18.2 Å². The molecule has 1 aliphatic rings. The van der Waals surface area contributed by atoms with E-state index in [1.807, 2.05) is 0 Å². The molecule has 9 heteroatoms. The van der Waals surface area contributed by atoms with E-state index >= 15 is 0 Å². The lowest BCUT2D eigenvalue weighted by Gasteiger charge is -2.09. The van der Waals surface area contributed by atoms with Crippen LogP contribution in [-0.2, 0) is 9.59 Å². The minimum absolute atomic E-state index is 0.0458. The fourth-order valence-electron chi connectivity index (χ4n) is 1.82. The van der Waals surface area contributed by atoms with Gasteiger partial charge in [0, 0.05) is 6.07 Å². The fraction of sp³-hybridized carbons (Fsp3) is 0.0714. The highest BCUT2D eigenvalue weighted by Crippen LogP contribution is 2.30. The summed E-state index contributed by atoms with van der Waals surface area (Å²) in [4.78, 5) is 34.4. The van der Waals surface area contributed by atoms with Gasteiger partial charge < -0.3 is 5.11 Å². The van der Waals surface area contributed by atoms with Crippen LogP contribution in [-0.4, -0.2) is 37.7 Å². The largest absolute Gasteiger partial charge is 0.480 e. The molecule has 0 saturated carbocycles. The first kappa shape index (κ1) is 16.8. The predicted octanol–water partition coefficient (Wildman–Crippen LogP) is 2.44.